The molecule has 0 aliphatic rings. The summed E-state index contributed by atoms with van der Waals surface area (Å²) in [5.41, 5.74) is 0.386. The quantitative estimate of drug-likeness (QED) is 0.808. The predicted molar refractivity (Wildman–Crippen MR) is 76.5 cm³/mol. The van der Waals surface area contributed by atoms with Crippen molar-refractivity contribution >= 4 is 29.2 Å². The largest absolute Gasteiger partial charge is 0.466 e. The standard InChI is InChI=1S/C14H18Cl2O3/c1-3-6-9(14(18)19-4-2)13(17)12-10(15)7-5-8-11(12)16/h5,7-9,13,17H,3-4,6H2,1-2H3. The second-order valence-electron chi connectivity index (χ2n) is 4.23. The Hall–Kier alpha value is -0.770. The van der Waals surface area contributed by atoms with E-state index >= 15 is 0 Å². The molecular formula is C14H18Cl2O3. The molecule has 0 amide bonds. The topological polar surface area (TPSA) is 46.5 Å². The number of aliphatic hydroxyl groups is 1. The first-order valence-corrected chi connectivity index (χ1v) is 7.07. The van der Waals surface area contributed by atoms with Crippen LogP contribution in [0.1, 0.15) is 38.4 Å². The number of hydrogen-bond donors (Lipinski definition) is 1. The van der Waals surface area contributed by atoms with Crippen LogP contribution in [-0.2, 0) is 9.53 Å². The van der Waals surface area contributed by atoms with Crippen molar-refractivity contribution in [1.29, 1.82) is 0 Å². The van der Waals surface area contributed by atoms with Gasteiger partial charge in [0.2, 0.25) is 0 Å². The maximum Gasteiger partial charge on any atom is 0.311 e. The monoisotopic (exact) mass is 304 g/mol. The van der Waals surface area contributed by atoms with Gasteiger partial charge in [-0.3, -0.25) is 4.79 Å². The van der Waals surface area contributed by atoms with Crippen molar-refractivity contribution in [3.8, 4) is 0 Å². The fourth-order valence-electron chi connectivity index (χ4n) is 1.96. The lowest BCUT2D eigenvalue weighted by Gasteiger charge is -2.22. The second kappa shape index (κ2) is 7.73. The van der Waals surface area contributed by atoms with Crippen LogP contribution in [0.4, 0.5) is 0 Å². The third-order valence-electron chi connectivity index (χ3n) is 2.87. The lowest BCUT2D eigenvalue weighted by molar-refractivity contribution is -0.152. The Bertz CT molecular complexity index is 414. The van der Waals surface area contributed by atoms with Crippen LogP contribution in [0, 0.1) is 5.92 Å². The maximum atomic E-state index is 11.9. The molecule has 106 valence electrons. The fourth-order valence-corrected chi connectivity index (χ4v) is 2.58. The molecule has 3 nitrogen and oxygen atoms in total. The van der Waals surface area contributed by atoms with Crippen molar-refractivity contribution in [3.05, 3.63) is 33.8 Å². The van der Waals surface area contributed by atoms with E-state index < -0.39 is 18.0 Å². The van der Waals surface area contributed by atoms with Gasteiger partial charge in [0.25, 0.3) is 0 Å². The van der Waals surface area contributed by atoms with Crippen LogP contribution in [0.15, 0.2) is 18.2 Å². The van der Waals surface area contributed by atoms with Crippen molar-refractivity contribution in [2.45, 2.75) is 32.8 Å². The molecule has 1 rings (SSSR count). The normalized spacial score (nSPS) is 13.9. The van der Waals surface area contributed by atoms with Crippen molar-refractivity contribution < 1.29 is 14.6 Å². The van der Waals surface area contributed by atoms with E-state index in [-0.39, 0.29) is 6.61 Å². The highest BCUT2D eigenvalue weighted by Crippen LogP contribution is 2.36. The van der Waals surface area contributed by atoms with Gasteiger partial charge in [-0.25, -0.2) is 0 Å². The molecule has 19 heavy (non-hydrogen) atoms. The number of hydrogen-bond acceptors (Lipinski definition) is 3. The summed E-state index contributed by atoms with van der Waals surface area (Å²) in [6, 6.07) is 4.97. The van der Waals surface area contributed by atoms with Gasteiger partial charge in [0.15, 0.2) is 0 Å². The molecule has 0 radical (unpaired) electrons. The fraction of sp³-hybridized carbons (Fsp3) is 0.500. The first kappa shape index (κ1) is 16.3. The maximum absolute atomic E-state index is 11.9. The number of halogens is 2. The predicted octanol–water partition coefficient (Wildman–Crippen LogP) is 4.01. The molecular weight excluding hydrogens is 287 g/mol. The average Bonchev–Trinajstić information content (AvgIpc) is 2.35. The van der Waals surface area contributed by atoms with E-state index in [0.717, 1.165) is 6.42 Å². The van der Waals surface area contributed by atoms with Gasteiger partial charge in [0.1, 0.15) is 0 Å². The number of ether oxygens (including phenoxy) is 1. The van der Waals surface area contributed by atoms with Crippen LogP contribution >= 0.6 is 23.2 Å². The van der Waals surface area contributed by atoms with E-state index in [0.29, 0.717) is 22.0 Å². The first-order chi connectivity index (χ1) is 9.02. The molecule has 0 spiro atoms. The Labute approximate surface area is 123 Å². The Morgan fingerprint density at radius 2 is 1.89 bits per heavy atom. The van der Waals surface area contributed by atoms with Crippen LogP contribution in [0.5, 0.6) is 0 Å². The molecule has 0 aromatic heterocycles. The number of aliphatic hydroxyl groups excluding tert-OH is 1. The lowest BCUT2D eigenvalue weighted by atomic mass is 9.92. The summed E-state index contributed by atoms with van der Waals surface area (Å²) >= 11 is 12.1. The molecule has 2 atom stereocenters. The Morgan fingerprint density at radius 1 is 1.32 bits per heavy atom. The summed E-state index contributed by atoms with van der Waals surface area (Å²) in [6.07, 6.45) is 0.213. The number of benzene rings is 1. The number of esters is 1. The van der Waals surface area contributed by atoms with Crippen LogP contribution in [0.3, 0.4) is 0 Å². The molecule has 1 aromatic carbocycles. The van der Waals surface area contributed by atoms with Crippen molar-refractivity contribution in [1.82, 2.24) is 0 Å². The van der Waals surface area contributed by atoms with Crippen LogP contribution in [0.25, 0.3) is 0 Å². The third kappa shape index (κ3) is 4.10. The smallest absolute Gasteiger partial charge is 0.311 e. The highest BCUT2D eigenvalue weighted by Gasteiger charge is 2.31. The van der Waals surface area contributed by atoms with Gasteiger partial charge >= 0.3 is 5.97 Å². The SMILES string of the molecule is CCCC(C(=O)OCC)C(O)c1c(Cl)cccc1Cl. The van der Waals surface area contributed by atoms with Crippen molar-refractivity contribution in [2.75, 3.05) is 6.61 Å². The van der Waals surface area contributed by atoms with E-state index in [2.05, 4.69) is 0 Å². The summed E-state index contributed by atoms with van der Waals surface area (Å²) in [5.74, 6) is -1.07. The summed E-state index contributed by atoms with van der Waals surface area (Å²) in [6.45, 7) is 3.95. The van der Waals surface area contributed by atoms with Crippen molar-refractivity contribution in [2.24, 2.45) is 5.92 Å². The zero-order valence-electron chi connectivity index (χ0n) is 11.0. The highest BCUT2D eigenvalue weighted by atomic mass is 35.5. The van der Waals surface area contributed by atoms with E-state index in [9.17, 15) is 9.90 Å². The average molecular weight is 305 g/mol. The van der Waals surface area contributed by atoms with E-state index in [1.54, 1.807) is 25.1 Å². The van der Waals surface area contributed by atoms with Gasteiger partial charge in [0, 0.05) is 15.6 Å². The van der Waals surface area contributed by atoms with E-state index in [4.69, 9.17) is 27.9 Å². The summed E-state index contributed by atoms with van der Waals surface area (Å²) in [4.78, 5) is 11.9. The van der Waals surface area contributed by atoms with Crippen LogP contribution in [-0.4, -0.2) is 17.7 Å². The van der Waals surface area contributed by atoms with E-state index in [1.165, 1.54) is 0 Å². The summed E-state index contributed by atoms with van der Waals surface area (Å²) in [5, 5.41) is 11.1. The summed E-state index contributed by atoms with van der Waals surface area (Å²) in [7, 11) is 0. The third-order valence-corrected chi connectivity index (χ3v) is 3.52. The van der Waals surface area contributed by atoms with Crippen molar-refractivity contribution in [3.63, 3.8) is 0 Å². The van der Waals surface area contributed by atoms with E-state index in [1.807, 2.05) is 6.92 Å². The highest BCUT2D eigenvalue weighted by molar-refractivity contribution is 6.36. The molecule has 0 heterocycles. The Balaban J connectivity index is 3.05. The Kier molecular flexibility index (Phi) is 6.63. The molecule has 2 unspecified atom stereocenters. The zero-order valence-corrected chi connectivity index (χ0v) is 12.5. The van der Waals surface area contributed by atoms with Gasteiger partial charge < -0.3 is 9.84 Å². The number of carbonyl (C=O) groups excluding carboxylic acids is 1. The van der Waals surface area contributed by atoms with Crippen LogP contribution in [0.2, 0.25) is 10.0 Å². The minimum atomic E-state index is -1.06. The number of carbonyl (C=O) groups is 1. The molecule has 0 bridgehead atoms. The first-order valence-electron chi connectivity index (χ1n) is 6.31. The molecule has 0 fully saturated rings. The van der Waals surface area contributed by atoms with Gasteiger partial charge in [0.05, 0.1) is 18.6 Å². The molecule has 5 heteroatoms. The Morgan fingerprint density at radius 3 is 2.37 bits per heavy atom. The molecule has 0 aliphatic carbocycles. The molecule has 0 saturated carbocycles. The zero-order chi connectivity index (χ0) is 14.4. The van der Waals surface area contributed by atoms with Gasteiger partial charge in [-0.05, 0) is 25.5 Å². The molecule has 0 aliphatic heterocycles. The minimum absolute atomic E-state index is 0.280. The molecule has 1 N–H and O–H groups in total. The minimum Gasteiger partial charge on any atom is -0.466 e. The van der Waals surface area contributed by atoms with Gasteiger partial charge in [-0.2, -0.15) is 0 Å². The second-order valence-corrected chi connectivity index (χ2v) is 5.04. The molecule has 1 aromatic rings. The van der Waals surface area contributed by atoms with Gasteiger partial charge in [-0.1, -0.05) is 42.6 Å². The summed E-state index contributed by atoms with van der Waals surface area (Å²) < 4.78 is 4.99. The number of rotatable bonds is 6. The molecule has 0 saturated heterocycles. The lowest BCUT2D eigenvalue weighted by Crippen LogP contribution is -2.25. The van der Waals surface area contributed by atoms with Gasteiger partial charge in [-0.15, -0.1) is 0 Å². The van der Waals surface area contributed by atoms with Crippen LogP contribution < -0.4 is 0 Å².